The van der Waals surface area contributed by atoms with Gasteiger partial charge in [-0.2, -0.15) is 4.31 Å². The summed E-state index contributed by atoms with van der Waals surface area (Å²) in [5.74, 6) is 0.395. The number of hydrogen-bond acceptors (Lipinski definition) is 4. The number of sulfonamides is 1. The first kappa shape index (κ1) is 19.9. The van der Waals surface area contributed by atoms with Gasteiger partial charge in [-0.05, 0) is 55.4 Å². The van der Waals surface area contributed by atoms with Crippen LogP contribution < -0.4 is 10.1 Å². The number of hydrogen-bond donors (Lipinski definition) is 1. The number of ether oxygens (including phenoxy) is 1. The topological polar surface area (TPSA) is 75.7 Å². The molecule has 0 aromatic heterocycles. The Kier molecular flexibility index (Phi) is 5.61. The molecule has 29 heavy (non-hydrogen) atoms. The monoisotopic (exact) mass is 414 g/mol. The van der Waals surface area contributed by atoms with Gasteiger partial charge < -0.3 is 10.1 Å². The first-order valence-corrected chi connectivity index (χ1v) is 11.9. The maximum absolute atomic E-state index is 13.0. The van der Waals surface area contributed by atoms with Crippen LogP contribution in [0, 0.1) is 0 Å². The highest BCUT2D eigenvalue weighted by atomic mass is 32.2. The highest BCUT2D eigenvalue weighted by Gasteiger charge is 2.36. The first-order valence-electron chi connectivity index (χ1n) is 10.0. The van der Waals surface area contributed by atoms with Crippen LogP contribution in [0.2, 0.25) is 0 Å². The molecule has 1 amide bonds. The van der Waals surface area contributed by atoms with Crippen molar-refractivity contribution >= 4 is 21.6 Å². The second-order valence-electron chi connectivity index (χ2n) is 7.84. The van der Waals surface area contributed by atoms with Crippen molar-refractivity contribution in [2.45, 2.75) is 50.8 Å². The molecule has 2 aromatic carbocycles. The van der Waals surface area contributed by atoms with Crippen LogP contribution >= 0.6 is 0 Å². The van der Waals surface area contributed by atoms with Gasteiger partial charge in [0.2, 0.25) is 15.9 Å². The molecule has 0 bridgehead atoms. The summed E-state index contributed by atoms with van der Waals surface area (Å²) in [7, 11) is -3.53. The zero-order chi connectivity index (χ0) is 20.4. The van der Waals surface area contributed by atoms with E-state index in [0.29, 0.717) is 12.1 Å². The van der Waals surface area contributed by atoms with Crippen LogP contribution in [0.15, 0.2) is 48.5 Å². The fourth-order valence-corrected chi connectivity index (χ4v) is 5.15. The average molecular weight is 415 g/mol. The Hall–Kier alpha value is -2.38. The molecule has 1 N–H and O–H groups in total. The quantitative estimate of drug-likeness (QED) is 0.814. The fraction of sp³-hybridized carbons (Fsp3) is 0.409. The number of nitrogens with zero attached hydrogens (tertiary/aromatic N) is 1. The minimum atomic E-state index is -3.53. The summed E-state index contributed by atoms with van der Waals surface area (Å²) in [6.45, 7) is 0.206. The Bertz CT molecular complexity index is 999. The van der Waals surface area contributed by atoms with Gasteiger partial charge in [-0.25, -0.2) is 8.42 Å². The Morgan fingerprint density at radius 2 is 1.79 bits per heavy atom. The Labute approximate surface area is 171 Å². The SMILES string of the molecule is CS(=O)(=O)N1Cc2ccccc2C[C@H]1C(=O)Nc1cccc(OC2CCCC2)c1. The van der Waals surface area contributed by atoms with Gasteiger partial charge in [-0.3, -0.25) is 4.79 Å². The van der Waals surface area contributed by atoms with E-state index in [4.69, 9.17) is 4.74 Å². The van der Waals surface area contributed by atoms with Crippen molar-refractivity contribution in [2.24, 2.45) is 0 Å². The molecule has 0 unspecified atom stereocenters. The van der Waals surface area contributed by atoms with Gasteiger partial charge in [0.05, 0.1) is 12.4 Å². The zero-order valence-electron chi connectivity index (χ0n) is 16.5. The lowest BCUT2D eigenvalue weighted by Gasteiger charge is -2.34. The molecule has 2 aromatic rings. The predicted octanol–water partition coefficient (Wildman–Crippen LogP) is 3.33. The molecule has 0 saturated heterocycles. The molecule has 154 valence electrons. The summed E-state index contributed by atoms with van der Waals surface area (Å²) in [4.78, 5) is 13.0. The lowest BCUT2D eigenvalue weighted by atomic mass is 9.95. The van der Waals surface area contributed by atoms with Crippen LogP contribution in [-0.4, -0.2) is 37.0 Å². The van der Waals surface area contributed by atoms with Crippen molar-refractivity contribution in [3.63, 3.8) is 0 Å². The van der Waals surface area contributed by atoms with Crippen LogP contribution in [0.5, 0.6) is 5.75 Å². The molecule has 1 heterocycles. The lowest BCUT2D eigenvalue weighted by Crippen LogP contribution is -2.50. The largest absolute Gasteiger partial charge is 0.490 e. The standard InChI is InChI=1S/C22H26N2O4S/c1-29(26,27)24-15-17-8-3-2-7-16(17)13-21(24)22(25)23-18-9-6-12-20(14-18)28-19-10-4-5-11-19/h2-3,6-9,12,14,19,21H,4-5,10-11,13,15H2,1H3,(H,23,25)/t21-/m0/s1. The van der Waals surface area contributed by atoms with Crippen LogP contribution in [0.25, 0.3) is 0 Å². The normalized spacial score (nSPS) is 20.2. The smallest absolute Gasteiger partial charge is 0.243 e. The van der Waals surface area contributed by atoms with Crippen molar-refractivity contribution in [1.82, 2.24) is 4.31 Å². The van der Waals surface area contributed by atoms with E-state index in [9.17, 15) is 13.2 Å². The highest BCUT2D eigenvalue weighted by Crippen LogP contribution is 2.28. The number of fused-ring (bicyclic) bond motifs is 1. The summed E-state index contributed by atoms with van der Waals surface area (Å²) in [5, 5.41) is 2.88. The Morgan fingerprint density at radius 3 is 2.52 bits per heavy atom. The first-order chi connectivity index (χ1) is 13.9. The van der Waals surface area contributed by atoms with Crippen molar-refractivity contribution in [3.05, 3.63) is 59.7 Å². The Balaban J connectivity index is 1.52. The zero-order valence-corrected chi connectivity index (χ0v) is 17.3. The number of carbonyl (C=O) groups excluding carboxylic acids is 1. The molecule has 1 saturated carbocycles. The van der Waals surface area contributed by atoms with Gasteiger partial charge >= 0.3 is 0 Å². The summed E-state index contributed by atoms with van der Waals surface area (Å²) >= 11 is 0. The third-order valence-electron chi connectivity index (χ3n) is 5.64. The van der Waals surface area contributed by atoms with Crippen LogP contribution in [-0.2, 0) is 27.8 Å². The Morgan fingerprint density at radius 1 is 1.07 bits per heavy atom. The van der Waals surface area contributed by atoms with Gasteiger partial charge in [-0.1, -0.05) is 30.3 Å². The molecule has 1 aliphatic heterocycles. The van der Waals surface area contributed by atoms with E-state index in [0.717, 1.165) is 36.0 Å². The maximum atomic E-state index is 13.0. The second-order valence-corrected chi connectivity index (χ2v) is 9.77. The minimum absolute atomic E-state index is 0.206. The number of nitrogens with one attached hydrogen (secondary N) is 1. The molecule has 1 aliphatic carbocycles. The predicted molar refractivity (Wildman–Crippen MR) is 112 cm³/mol. The third-order valence-corrected chi connectivity index (χ3v) is 6.88. The summed E-state index contributed by atoms with van der Waals surface area (Å²) < 4.78 is 32.0. The summed E-state index contributed by atoms with van der Waals surface area (Å²) in [6, 6.07) is 14.2. The van der Waals surface area contributed by atoms with Crippen molar-refractivity contribution < 1.29 is 17.9 Å². The summed E-state index contributed by atoms with van der Waals surface area (Å²) in [5.41, 5.74) is 2.55. The maximum Gasteiger partial charge on any atom is 0.243 e. The van der Waals surface area contributed by atoms with E-state index in [2.05, 4.69) is 5.32 Å². The van der Waals surface area contributed by atoms with Gasteiger partial charge in [0.15, 0.2) is 0 Å². The number of benzene rings is 2. The summed E-state index contributed by atoms with van der Waals surface area (Å²) in [6.07, 6.45) is 6.22. The second kappa shape index (κ2) is 8.16. The van der Waals surface area contributed by atoms with Gasteiger partial charge in [-0.15, -0.1) is 0 Å². The average Bonchev–Trinajstić information content (AvgIpc) is 3.19. The van der Waals surface area contributed by atoms with Crippen molar-refractivity contribution in [2.75, 3.05) is 11.6 Å². The molecule has 1 atom stereocenters. The minimum Gasteiger partial charge on any atom is -0.490 e. The van der Waals surface area contributed by atoms with Crippen LogP contribution in [0.4, 0.5) is 5.69 Å². The molecule has 4 rings (SSSR count). The van der Waals surface area contributed by atoms with E-state index in [1.54, 1.807) is 12.1 Å². The van der Waals surface area contributed by atoms with Gasteiger partial charge in [0.25, 0.3) is 0 Å². The van der Waals surface area contributed by atoms with Gasteiger partial charge in [0, 0.05) is 18.3 Å². The molecule has 6 nitrogen and oxygen atoms in total. The molecule has 0 radical (unpaired) electrons. The molecule has 0 spiro atoms. The lowest BCUT2D eigenvalue weighted by molar-refractivity contribution is -0.120. The van der Waals surface area contributed by atoms with Gasteiger partial charge in [0.1, 0.15) is 11.8 Å². The molecule has 2 aliphatic rings. The van der Waals surface area contributed by atoms with Crippen molar-refractivity contribution in [3.8, 4) is 5.75 Å². The molecule has 1 fully saturated rings. The fourth-order valence-electron chi connectivity index (χ4n) is 4.14. The number of carbonyl (C=O) groups is 1. The number of amides is 1. The molecular formula is C22H26N2O4S. The molecule has 7 heteroatoms. The van der Waals surface area contributed by atoms with E-state index in [1.807, 2.05) is 36.4 Å². The number of anilines is 1. The highest BCUT2D eigenvalue weighted by molar-refractivity contribution is 7.88. The third kappa shape index (κ3) is 4.62. The van der Waals surface area contributed by atoms with Crippen LogP contribution in [0.3, 0.4) is 0 Å². The van der Waals surface area contributed by atoms with Crippen molar-refractivity contribution in [1.29, 1.82) is 0 Å². The van der Waals surface area contributed by atoms with E-state index >= 15 is 0 Å². The van der Waals surface area contributed by atoms with Crippen LogP contribution in [0.1, 0.15) is 36.8 Å². The van der Waals surface area contributed by atoms with E-state index < -0.39 is 16.1 Å². The molecular weight excluding hydrogens is 388 g/mol. The van der Waals surface area contributed by atoms with E-state index in [-0.39, 0.29) is 18.6 Å². The van der Waals surface area contributed by atoms with E-state index in [1.165, 1.54) is 17.1 Å². The number of rotatable bonds is 5.